The Hall–Kier alpha value is -2.80. The first kappa shape index (κ1) is 13.6. The van der Waals surface area contributed by atoms with E-state index in [1.54, 1.807) is 38.6 Å². The second-order valence-electron chi connectivity index (χ2n) is 4.00. The average molecular weight is 266 g/mol. The summed E-state index contributed by atoms with van der Waals surface area (Å²) in [4.78, 5) is 4.18. The van der Waals surface area contributed by atoms with Crippen LogP contribution < -0.4 is 9.47 Å². The van der Waals surface area contributed by atoms with Gasteiger partial charge in [-0.3, -0.25) is 4.98 Å². The number of aromatic nitrogens is 1. The van der Waals surface area contributed by atoms with Crippen LogP contribution in [0.4, 0.5) is 0 Å². The van der Waals surface area contributed by atoms with Crippen molar-refractivity contribution in [2.45, 2.75) is 0 Å². The Morgan fingerprint density at radius 1 is 1.15 bits per heavy atom. The normalized spacial score (nSPS) is 10.8. The number of hydrogen-bond acceptors (Lipinski definition) is 4. The molecular weight excluding hydrogens is 252 g/mol. The molecule has 0 atom stereocenters. The lowest BCUT2D eigenvalue weighted by molar-refractivity contribution is 0.355. The van der Waals surface area contributed by atoms with Crippen LogP contribution in [0.25, 0.3) is 11.6 Å². The molecule has 4 heteroatoms. The van der Waals surface area contributed by atoms with Crippen LogP contribution in [0.2, 0.25) is 0 Å². The summed E-state index contributed by atoms with van der Waals surface area (Å²) in [6, 6.07) is 13.1. The van der Waals surface area contributed by atoms with E-state index in [1.807, 2.05) is 24.3 Å². The van der Waals surface area contributed by atoms with Gasteiger partial charge in [-0.2, -0.15) is 5.26 Å². The number of rotatable bonds is 4. The van der Waals surface area contributed by atoms with Crippen molar-refractivity contribution >= 4 is 11.6 Å². The highest BCUT2D eigenvalue weighted by molar-refractivity contribution is 5.88. The first-order valence-electron chi connectivity index (χ1n) is 6.03. The van der Waals surface area contributed by atoms with Gasteiger partial charge in [0.2, 0.25) is 0 Å². The number of nitriles is 1. The third-order valence-electron chi connectivity index (χ3n) is 2.78. The van der Waals surface area contributed by atoms with E-state index >= 15 is 0 Å². The molecule has 0 unspecified atom stereocenters. The first-order valence-corrected chi connectivity index (χ1v) is 6.03. The van der Waals surface area contributed by atoms with Gasteiger partial charge in [0.15, 0.2) is 11.5 Å². The molecule has 0 N–H and O–H groups in total. The summed E-state index contributed by atoms with van der Waals surface area (Å²) in [6.45, 7) is 0. The summed E-state index contributed by atoms with van der Waals surface area (Å²) in [7, 11) is 3.16. The van der Waals surface area contributed by atoms with Crippen molar-refractivity contribution in [2.75, 3.05) is 14.2 Å². The molecule has 0 saturated carbocycles. The van der Waals surface area contributed by atoms with Gasteiger partial charge in [-0.1, -0.05) is 12.1 Å². The minimum absolute atomic E-state index is 0.498. The Bertz CT molecular complexity index is 658. The molecule has 1 heterocycles. The number of nitrogens with zero attached hydrogens (tertiary/aromatic N) is 2. The second-order valence-corrected chi connectivity index (χ2v) is 4.00. The maximum atomic E-state index is 9.25. The molecule has 0 bridgehead atoms. The van der Waals surface area contributed by atoms with E-state index in [0.29, 0.717) is 22.8 Å². The Kier molecular flexibility index (Phi) is 4.35. The van der Waals surface area contributed by atoms with Gasteiger partial charge in [-0.05, 0) is 35.9 Å². The number of ether oxygens (including phenoxy) is 2. The fourth-order valence-corrected chi connectivity index (χ4v) is 1.79. The van der Waals surface area contributed by atoms with E-state index in [-0.39, 0.29) is 0 Å². The number of hydrogen-bond donors (Lipinski definition) is 0. The van der Waals surface area contributed by atoms with E-state index in [1.165, 1.54) is 0 Å². The molecular formula is C16H14N2O2. The largest absolute Gasteiger partial charge is 0.493 e. The molecule has 1 aromatic heterocycles. The Balaban J connectivity index is 2.41. The van der Waals surface area contributed by atoms with Gasteiger partial charge in [0.05, 0.1) is 25.5 Å². The van der Waals surface area contributed by atoms with Gasteiger partial charge in [-0.25, -0.2) is 0 Å². The van der Waals surface area contributed by atoms with Crippen LogP contribution >= 0.6 is 0 Å². The van der Waals surface area contributed by atoms with E-state index in [4.69, 9.17) is 9.47 Å². The highest BCUT2D eigenvalue weighted by atomic mass is 16.5. The Labute approximate surface area is 117 Å². The van der Waals surface area contributed by atoms with Crippen molar-refractivity contribution in [3.63, 3.8) is 0 Å². The van der Waals surface area contributed by atoms with E-state index in [2.05, 4.69) is 11.1 Å². The summed E-state index contributed by atoms with van der Waals surface area (Å²) < 4.78 is 10.4. The molecule has 2 aromatic rings. The molecule has 0 saturated heterocycles. The molecule has 0 spiro atoms. The number of methoxy groups -OCH3 is 2. The lowest BCUT2D eigenvalue weighted by Gasteiger charge is -2.08. The van der Waals surface area contributed by atoms with Gasteiger partial charge >= 0.3 is 0 Å². The average Bonchev–Trinajstić information content (AvgIpc) is 2.53. The molecule has 0 amide bonds. The van der Waals surface area contributed by atoms with Crippen LogP contribution in [0, 0.1) is 11.3 Å². The maximum absolute atomic E-state index is 9.25. The van der Waals surface area contributed by atoms with Gasteiger partial charge < -0.3 is 9.47 Å². The zero-order valence-electron chi connectivity index (χ0n) is 11.3. The number of pyridine rings is 1. The molecule has 0 aliphatic rings. The lowest BCUT2D eigenvalue weighted by atomic mass is 10.1. The minimum Gasteiger partial charge on any atom is -0.493 e. The lowest BCUT2D eigenvalue weighted by Crippen LogP contribution is -1.91. The Morgan fingerprint density at radius 2 is 1.95 bits per heavy atom. The van der Waals surface area contributed by atoms with Gasteiger partial charge in [0.1, 0.15) is 6.07 Å². The van der Waals surface area contributed by atoms with Crippen LogP contribution in [-0.2, 0) is 0 Å². The third kappa shape index (κ3) is 2.96. The predicted molar refractivity (Wildman–Crippen MR) is 77.3 cm³/mol. The predicted octanol–water partition coefficient (Wildman–Crippen LogP) is 3.16. The molecule has 0 aliphatic carbocycles. The van der Waals surface area contributed by atoms with E-state index in [0.717, 1.165) is 5.56 Å². The molecule has 0 radical (unpaired) electrons. The molecule has 100 valence electrons. The molecule has 20 heavy (non-hydrogen) atoms. The fraction of sp³-hybridized carbons (Fsp3) is 0.125. The highest BCUT2D eigenvalue weighted by Crippen LogP contribution is 2.29. The van der Waals surface area contributed by atoms with Crippen molar-refractivity contribution in [1.29, 1.82) is 5.26 Å². The van der Waals surface area contributed by atoms with Crippen LogP contribution in [-0.4, -0.2) is 19.2 Å². The fourth-order valence-electron chi connectivity index (χ4n) is 1.79. The van der Waals surface area contributed by atoms with Gasteiger partial charge in [0.25, 0.3) is 0 Å². The molecule has 1 aromatic carbocycles. The van der Waals surface area contributed by atoms with E-state index < -0.39 is 0 Å². The van der Waals surface area contributed by atoms with Crippen molar-refractivity contribution in [3.8, 4) is 17.6 Å². The van der Waals surface area contributed by atoms with Crippen LogP contribution in [0.5, 0.6) is 11.5 Å². The molecule has 4 nitrogen and oxygen atoms in total. The standard InChI is InChI=1S/C16H14N2O2/c1-19-15-7-6-12(10-16(15)20-2)9-13(11-17)14-5-3-4-8-18-14/h3-10H,1-2H3. The van der Waals surface area contributed by atoms with Gasteiger partial charge in [0, 0.05) is 6.20 Å². The van der Waals surface area contributed by atoms with Crippen molar-refractivity contribution < 1.29 is 9.47 Å². The quantitative estimate of drug-likeness (QED) is 0.798. The minimum atomic E-state index is 0.498. The molecule has 2 rings (SSSR count). The summed E-state index contributed by atoms with van der Waals surface area (Å²) in [5, 5.41) is 9.25. The number of allylic oxidation sites excluding steroid dienone is 1. The topological polar surface area (TPSA) is 55.1 Å². The van der Waals surface area contributed by atoms with Crippen LogP contribution in [0.1, 0.15) is 11.3 Å². The van der Waals surface area contributed by atoms with Crippen LogP contribution in [0.15, 0.2) is 42.6 Å². The summed E-state index contributed by atoms with van der Waals surface area (Å²) >= 11 is 0. The van der Waals surface area contributed by atoms with E-state index in [9.17, 15) is 5.26 Å². The van der Waals surface area contributed by atoms with Gasteiger partial charge in [-0.15, -0.1) is 0 Å². The SMILES string of the molecule is COc1ccc(C=C(C#N)c2ccccn2)cc1OC. The summed E-state index contributed by atoms with van der Waals surface area (Å²) in [5.41, 5.74) is 1.99. The van der Waals surface area contributed by atoms with Crippen molar-refractivity contribution in [2.24, 2.45) is 0 Å². The first-order chi connectivity index (χ1) is 9.78. The smallest absolute Gasteiger partial charge is 0.161 e. The number of benzene rings is 1. The third-order valence-corrected chi connectivity index (χ3v) is 2.78. The zero-order chi connectivity index (χ0) is 14.4. The molecule has 0 fully saturated rings. The summed E-state index contributed by atoms with van der Waals surface area (Å²) in [5.74, 6) is 1.28. The monoisotopic (exact) mass is 266 g/mol. The zero-order valence-corrected chi connectivity index (χ0v) is 11.3. The second kappa shape index (κ2) is 6.39. The summed E-state index contributed by atoms with van der Waals surface area (Å²) in [6.07, 6.45) is 3.43. The van der Waals surface area contributed by atoms with Crippen molar-refractivity contribution in [3.05, 3.63) is 53.9 Å². The highest BCUT2D eigenvalue weighted by Gasteiger charge is 2.06. The van der Waals surface area contributed by atoms with Crippen LogP contribution in [0.3, 0.4) is 0 Å². The van der Waals surface area contributed by atoms with Crippen molar-refractivity contribution in [1.82, 2.24) is 4.98 Å². The molecule has 0 aliphatic heterocycles. The Morgan fingerprint density at radius 3 is 2.55 bits per heavy atom. The maximum Gasteiger partial charge on any atom is 0.161 e.